The third kappa shape index (κ3) is 2.64. The fraction of sp³-hybridized carbons (Fsp3) is 0.211. The molecule has 0 atom stereocenters. The highest BCUT2D eigenvalue weighted by atomic mass is 32.1. The first-order valence-corrected chi connectivity index (χ1v) is 8.60. The summed E-state index contributed by atoms with van der Waals surface area (Å²) in [7, 11) is 0. The molecule has 1 fully saturated rings. The molecule has 3 aromatic rings. The summed E-state index contributed by atoms with van der Waals surface area (Å²) < 4.78 is 6.53. The van der Waals surface area contributed by atoms with Crippen LogP contribution in [0.3, 0.4) is 0 Å². The molecule has 0 aliphatic carbocycles. The largest absolute Gasteiger partial charge is 0.378 e. The summed E-state index contributed by atoms with van der Waals surface area (Å²) in [6, 6.07) is 18.3. The predicted octanol–water partition coefficient (Wildman–Crippen LogP) is 4.04. The molecule has 1 amide bonds. The number of nitrogens with zero attached hydrogens (tertiary/aromatic N) is 1. The minimum Gasteiger partial charge on any atom is -0.378 e. The highest BCUT2D eigenvalue weighted by Crippen LogP contribution is 2.39. The number of benzene rings is 2. The first-order valence-electron chi connectivity index (χ1n) is 7.78. The van der Waals surface area contributed by atoms with Crippen molar-refractivity contribution in [2.75, 3.05) is 26.3 Å². The normalized spacial score (nSPS) is 15.0. The van der Waals surface area contributed by atoms with Crippen LogP contribution in [0.4, 0.5) is 0 Å². The summed E-state index contributed by atoms with van der Waals surface area (Å²) in [5.41, 5.74) is 1.93. The monoisotopic (exact) mass is 323 g/mol. The lowest BCUT2D eigenvalue weighted by molar-refractivity contribution is 0.0305. The van der Waals surface area contributed by atoms with Crippen LogP contribution in [-0.4, -0.2) is 37.1 Å². The van der Waals surface area contributed by atoms with Gasteiger partial charge in [0, 0.05) is 28.1 Å². The Morgan fingerprint density at radius 3 is 2.43 bits per heavy atom. The van der Waals surface area contributed by atoms with E-state index < -0.39 is 0 Å². The van der Waals surface area contributed by atoms with E-state index in [4.69, 9.17) is 4.74 Å². The average Bonchev–Trinajstić information content (AvgIpc) is 3.02. The third-order valence-electron chi connectivity index (χ3n) is 4.14. The second-order valence-electron chi connectivity index (χ2n) is 5.57. The number of thiophene rings is 1. The van der Waals surface area contributed by atoms with Crippen molar-refractivity contribution in [2.45, 2.75) is 0 Å². The molecule has 1 aliphatic rings. The van der Waals surface area contributed by atoms with Crippen LogP contribution in [0.25, 0.3) is 20.5 Å². The molecule has 0 bridgehead atoms. The summed E-state index contributed by atoms with van der Waals surface area (Å²) in [6.45, 7) is 2.57. The van der Waals surface area contributed by atoms with Crippen molar-refractivity contribution in [3.63, 3.8) is 0 Å². The van der Waals surface area contributed by atoms with Crippen molar-refractivity contribution in [1.82, 2.24) is 4.90 Å². The van der Waals surface area contributed by atoms with Crippen molar-refractivity contribution < 1.29 is 9.53 Å². The van der Waals surface area contributed by atoms with Gasteiger partial charge in [0.1, 0.15) is 0 Å². The van der Waals surface area contributed by atoms with Crippen molar-refractivity contribution in [1.29, 1.82) is 0 Å². The number of amides is 1. The van der Waals surface area contributed by atoms with E-state index in [1.807, 2.05) is 41.3 Å². The molecule has 1 saturated heterocycles. The second kappa shape index (κ2) is 6.14. The van der Waals surface area contributed by atoms with E-state index in [1.54, 1.807) is 11.3 Å². The number of morpholine rings is 1. The summed E-state index contributed by atoms with van der Waals surface area (Å²) in [5, 5.41) is 1.05. The van der Waals surface area contributed by atoms with Gasteiger partial charge in [0.25, 0.3) is 5.91 Å². The Balaban J connectivity index is 1.87. The van der Waals surface area contributed by atoms with Gasteiger partial charge < -0.3 is 9.64 Å². The Morgan fingerprint density at radius 1 is 0.957 bits per heavy atom. The Bertz CT molecular complexity index is 835. The fourth-order valence-corrected chi connectivity index (χ4v) is 4.17. The van der Waals surface area contributed by atoms with Crippen molar-refractivity contribution in [3.05, 3.63) is 60.2 Å². The van der Waals surface area contributed by atoms with E-state index >= 15 is 0 Å². The molecule has 116 valence electrons. The van der Waals surface area contributed by atoms with Crippen LogP contribution < -0.4 is 0 Å². The van der Waals surface area contributed by atoms with Gasteiger partial charge in [-0.05, 0) is 11.6 Å². The van der Waals surface area contributed by atoms with Crippen LogP contribution in [0.2, 0.25) is 0 Å². The molecule has 1 aliphatic heterocycles. The fourth-order valence-electron chi connectivity index (χ4n) is 2.98. The van der Waals surface area contributed by atoms with Crippen LogP contribution in [0.5, 0.6) is 0 Å². The third-order valence-corrected chi connectivity index (χ3v) is 5.36. The molecule has 23 heavy (non-hydrogen) atoms. The summed E-state index contributed by atoms with van der Waals surface area (Å²) in [4.78, 5) is 16.1. The smallest absolute Gasteiger partial charge is 0.256 e. The maximum absolute atomic E-state index is 13.1. The van der Waals surface area contributed by atoms with Crippen LogP contribution in [0, 0.1) is 0 Å². The molecule has 0 saturated carbocycles. The number of fused-ring (bicyclic) bond motifs is 1. The lowest BCUT2D eigenvalue weighted by Gasteiger charge is -2.27. The number of hydrogen-bond acceptors (Lipinski definition) is 3. The molecule has 0 unspecified atom stereocenters. The Morgan fingerprint density at radius 2 is 1.65 bits per heavy atom. The second-order valence-corrected chi connectivity index (χ2v) is 6.63. The van der Waals surface area contributed by atoms with Crippen LogP contribution in [0.1, 0.15) is 10.4 Å². The summed E-state index contributed by atoms with van der Waals surface area (Å²) in [5.74, 6) is 0.115. The molecule has 4 rings (SSSR count). The maximum atomic E-state index is 13.1. The van der Waals surface area contributed by atoms with Gasteiger partial charge in [-0.15, -0.1) is 11.3 Å². The minimum absolute atomic E-state index is 0.115. The first kappa shape index (κ1) is 14.4. The van der Waals surface area contributed by atoms with E-state index in [0.717, 1.165) is 26.1 Å². The van der Waals surface area contributed by atoms with Crippen LogP contribution in [0.15, 0.2) is 54.6 Å². The molecule has 0 N–H and O–H groups in total. The molecular formula is C19H17NO2S. The van der Waals surface area contributed by atoms with E-state index in [2.05, 4.69) is 18.2 Å². The Labute approximate surface area is 139 Å². The lowest BCUT2D eigenvalue weighted by atomic mass is 10.0. The standard InChI is InChI=1S/C19H17NO2S/c21-19(20-10-12-22-13-11-20)17-15-8-4-5-9-16(15)23-18(17)14-6-2-1-3-7-14/h1-9H,10-13H2. The predicted molar refractivity (Wildman–Crippen MR) is 94.0 cm³/mol. The molecule has 1 aromatic heterocycles. The Hall–Kier alpha value is -2.17. The maximum Gasteiger partial charge on any atom is 0.256 e. The van der Waals surface area contributed by atoms with Gasteiger partial charge in [-0.2, -0.15) is 0 Å². The topological polar surface area (TPSA) is 29.5 Å². The van der Waals surface area contributed by atoms with Crippen molar-refractivity contribution >= 4 is 27.3 Å². The molecule has 0 spiro atoms. The van der Waals surface area contributed by atoms with Gasteiger partial charge in [0.15, 0.2) is 0 Å². The van der Waals surface area contributed by atoms with E-state index in [0.29, 0.717) is 26.3 Å². The zero-order valence-electron chi connectivity index (χ0n) is 12.7. The molecular weight excluding hydrogens is 306 g/mol. The SMILES string of the molecule is O=C(c1c(-c2ccccc2)sc2ccccc12)N1CCOCC1. The van der Waals surface area contributed by atoms with Gasteiger partial charge >= 0.3 is 0 Å². The quantitative estimate of drug-likeness (QED) is 0.712. The van der Waals surface area contributed by atoms with E-state index in [1.165, 1.54) is 0 Å². The number of hydrogen-bond donors (Lipinski definition) is 0. The van der Waals surface area contributed by atoms with Crippen LogP contribution >= 0.6 is 11.3 Å². The Kier molecular flexibility index (Phi) is 3.85. The zero-order valence-corrected chi connectivity index (χ0v) is 13.5. The lowest BCUT2D eigenvalue weighted by Crippen LogP contribution is -2.40. The minimum atomic E-state index is 0.115. The van der Waals surface area contributed by atoms with Crippen molar-refractivity contribution in [2.24, 2.45) is 0 Å². The highest BCUT2D eigenvalue weighted by Gasteiger charge is 2.25. The van der Waals surface area contributed by atoms with E-state index in [9.17, 15) is 4.79 Å². The van der Waals surface area contributed by atoms with Gasteiger partial charge in [-0.1, -0.05) is 48.5 Å². The number of rotatable bonds is 2. The number of ether oxygens (including phenoxy) is 1. The van der Waals surface area contributed by atoms with Crippen molar-refractivity contribution in [3.8, 4) is 10.4 Å². The van der Waals surface area contributed by atoms with Gasteiger partial charge in [0.2, 0.25) is 0 Å². The van der Waals surface area contributed by atoms with Gasteiger partial charge in [-0.25, -0.2) is 0 Å². The number of carbonyl (C=O) groups is 1. The average molecular weight is 323 g/mol. The molecule has 3 nitrogen and oxygen atoms in total. The molecule has 2 aromatic carbocycles. The molecule has 4 heteroatoms. The first-order chi connectivity index (χ1) is 11.3. The number of carbonyl (C=O) groups excluding carboxylic acids is 1. The van der Waals surface area contributed by atoms with Gasteiger partial charge in [0.05, 0.1) is 18.8 Å². The highest BCUT2D eigenvalue weighted by molar-refractivity contribution is 7.22. The zero-order chi connectivity index (χ0) is 15.6. The van der Waals surface area contributed by atoms with Crippen LogP contribution in [-0.2, 0) is 4.74 Å². The summed E-state index contributed by atoms with van der Waals surface area (Å²) in [6.07, 6.45) is 0. The van der Waals surface area contributed by atoms with Gasteiger partial charge in [-0.3, -0.25) is 4.79 Å². The summed E-state index contributed by atoms with van der Waals surface area (Å²) >= 11 is 1.69. The van der Waals surface area contributed by atoms with E-state index in [-0.39, 0.29) is 5.91 Å². The molecule has 2 heterocycles. The molecule has 0 radical (unpaired) electrons.